The molecule has 0 spiro atoms. The maximum atomic E-state index is 11.9. The SMILES string of the molecule is Cc1cnccc1NC(=O)c1cncc(Br)c1. The van der Waals surface area contributed by atoms with E-state index in [0.717, 1.165) is 15.7 Å². The number of carbonyl (C=O) groups is 1. The Morgan fingerprint density at radius 3 is 2.82 bits per heavy atom. The Labute approximate surface area is 107 Å². The molecule has 5 heteroatoms. The maximum Gasteiger partial charge on any atom is 0.257 e. The number of amides is 1. The van der Waals surface area contributed by atoms with Crippen molar-refractivity contribution >= 4 is 27.5 Å². The quantitative estimate of drug-likeness (QED) is 0.926. The van der Waals surface area contributed by atoms with Gasteiger partial charge in [-0.1, -0.05) is 0 Å². The van der Waals surface area contributed by atoms with Crippen LogP contribution in [0, 0.1) is 6.92 Å². The number of aromatic nitrogens is 2. The number of pyridine rings is 2. The Bertz CT molecular complexity index is 557. The van der Waals surface area contributed by atoms with Gasteiger partial charge < -0.3 is 5.32 Å². The van der Waals surface area contributed by atoms with Gasteiger partial charge in [0.15, 0.2) is 0 Å². The average Bonchev–Trinajstić information content (AvgIpc) is 2.32. The van der Waals surface area contributed by atoms with Gasteiger partial charge in [-0.3, -0.25) is 14.8 Å². The van der Waals surface area contributed by atoms with E-state index < -0.39 is 0 Å². The molecule has 0 bridgehead atoms. The number of rotatable bonds is 2. The molecule has 2 aromatic heterocycles. The Kier molecular flexibility index (Phi) is 3.49. The lowest BCUT2D eigenvalue weighted by Gasteiger charge is -2.07. The molecule has 0 atom stereocenters. The second-order valence-corrected chi connectivity index (χ2v) is 4.45. The predicted molar refractivity (Wildman–Crippen MR) is 68.9 cm³/mol. The van der Waals surface area contributed by atoms with Crippen LogP contribution in [0.2, 0.25) is 0 Å². The Balaban J connectivity index is 2.20. The number of aryl methyl sites for hydroxylation is 1. The second-order valence-electron chi connectivity index (χ2n) is 3.54. The van der Waals surface area contributed by atoms with E-state index in [-0.39, 0.29) is 5.91 Å². The molecule has 86 valence electrons. The number of hydrogen-bond acceptors (Lipinski definition) is 3. The van der Waals surface area contributed by atoms with Crippen LogP contribution in [-0.2, 0) is 0 Å². The molecule has 1 N–H and O–H groups in total. The molecule has 0 saturated heterocycles. The molecule has 0 aromatic carbocycles. The molecule has 2 aromatic rings. The number of anilines is 1. The van der Waals surface area contributed by atoms with Crippen molar-refractivity contribution in [2.75, 3.05) is 5.32 Å². The minimum Gasteiger partial charge on any atom is -0.322 e. The van der Waals surface area contributed by atoms with E-state index in [1.807, 2.05) is 6.92 Å². The molecule has 1 amide bonds. The molecule has 2 rings (SSSR count). The van der Waals surface area contributed by atoms with E-state index in [9.17, 15) is 4.79 Å². The highest BCUT2D eigenvalue weighted by Gasteiger charge is 2.08. The molecular weight excluding hydrogens is 282 g/mol. The average molecular weight is 292 g/mol. The fraction of sp³-hybridized carbons (Fsp3) is 0.0833. The monoisotopic (exact) mass is 291 g/mol. The summed E-state index contributed by atoms with van der Waals surface area (Å²) in [7, 11) is 0. The van der Waals surface area contributed by atoms with Crippen molar-refractivity contribution < 1.29 is 4.79 Å². The van der Waals surface area contributed by atoms with Crippen LogP contribution in [0.3, 0.4) is 0 Å². The summed E-state index contributed by atoms with van der Waals surface area (Å²) in [6.07, 6.45) is 6.50. The molecule has 17 heavy (non-hydrogen) atoms. The Morgan fingerprint density at radius 1 is 1.29 bits per heavy atom. The van der Waals surface area contributed by atoms with Crippen LogP contribution >= 0.6 is 15.9 Å². The molecule has 4 nitrogen and oxygen atoms in total. The molecule has 0 radical (unpaired) electrons. The number of nitrogens with one attached hydrogen (secondary N) is 1. The summed E-state index contributed by atoms with van der Waals surface area (Å²) in [6.45, 7) is 1.89. The zero-order chi connectivity index (χ0) is 12.3. The third-order valence-electron chi connectivity index (χ3n) is 2.24. The fourth-order valence-electron chi connectivity index (χ4n) is 1.34. The maximum absolute atomic E-state index is 11.9. The van der Waals surface area contributed by atoms with Crippen LogP contribution in [0.25, 0.3) is 0 Å². The molecule has 0 aliphatic heterocycles. The van der Waals surface area contributed by atoms with Gasteiger partial charge in [-0.15, -0.1) is 0 Å². The van der Waals surface area contributed by atoms with E-state index in [2.05, 4.69) is 31.2 Å². The largest absolute Gasteiger partial charge is 0.322 e. The minimum atomic E-state index is -0.187. The van der Waals surface area contributed by atoms with E-state index in [4.69, 9.17) is 0 Å². The molecule has 0 aliphatic carbocycles. The topological polar surface area (TPSA) is 54.9 Å². The normalized spacial score (nSPS) is 10.0. The molecule has 0 aliphatic rings. The smallest absolute Gasteiger partial charge is 0.257 e. The minimum absolute atomic E-state index is 0.187. The summed E-state index contributed by atoms with van der Waals surface area (Å²) >= 11 is 3.28. The Morgan fingerprint density at radius 2 is 2.12 bits per heavy atom. The summed E-state index contributed by atoms with van der Waals surface area (Å²) in [6, 6.07) is 3.48. The van der Waals surface area contributed by atoms with Gasteiger partial charge in [-0.25, -0.2) is 0 Å². The van der Waals surface area contributed by atoms with Crippen molar-refractivity contribution in [2.45, 2.75) is 6.92 Å². The van der Waals surface area contributed by atoms with Crippen molar-refractivity contribution in [3.05, 3.63) is 52.5 Å². The first-order chi connectivity index (χ1) is 8.16. The van der Waals surface area contributed by atoms with Crippen molar-refractivity contribution in [1.29, 1.82) is 0 Å². The summed E-state index contributed by atoms with van der Waals surface area (Å²) < 4.78 is 0.775. The first kappa shape index (κ1) is 11.7. The van der Waals surface area contributed by atoms with Gasteiger partial charge in [0, 0.05) is 34.9 Å². The third-order valence-corrected chi connectivity index (χ3v) is 2.67. The van der Waals surface area contributed by atoms with Gasteiger partial charge in [0.25, 0.3) is 5.91 Å². The summed E-state index contributed by atoms with van der Waals surface area (Å²) in [5.41, 5.74) is 2.18. The summed E-state index contributed by atoms with van der Waals surface area (Å²) in [4.78, 5) is 19.8. The number of carbonyl (C=O) groups excluding carboxylic acids is 1. The highest BCUT2D eigenvalue weighted by Crippen LogP contribution is 2.15. The lowest BCUT2D eigenvalue weighted by molar-refractivity contribution is 0.102. The van der Waals surface area contributed by atoms with Crippen LogP contribution in [0.15, 0.2) is 41.4 Å². The van der Waals surface area contributed by atoms with Gasteiger partial charge >= 0.3 is 0 Å². The molecule has 0 saturated carbocycles. The first-order valence-corrected chi connectivity index (χ1v) is 5.78. The standard InChI is InChI=1S/C12H10BrN3O/c1-8-5-14-3-2-11(8)16-12(17)9-4-10(13)7-15-6-9/h2-7H,1H3,(H,14,16,17). The number of hydrogen-bond donors (Lipinski definition) is 1. The predicted octanol–water partition coefficient (Wildman–Crippen LogP) is 2.80. The fourth-order valence-corrected chi connectivity index (χ4v) is 1.71. The van der Waals surface area contributed by atoms with Crippen LogP contribution in [0.4, 0.5) is 5.69 Å². The summed E-state index contributed by atoms with van der Waals surface area (Å²) in [5, 5.41) is 2.81. The van der Waals surface area contributed by atoms with Crippen molar-refractivity contribution in [2.24, 2.45) is 0 Å². The first-order valence-electron chi connectivity index (χ1n) is 4.99. The van der Waals surface area contributed by atoms with Crippen LogP contribution in [-0.4, -0.2) is 15.9 Å². The highest BCUT2D eigenvalue weighted by molar-refractivity contribution is 9.10. The third kappa shape index (κ3) is 2.88. The van der Waals surface area contributed by atoms with Crippen molar-refractivity contribution in [3.8, 4) is 0 Å². The van der Waals surface area contributed by atoms with Gasteiger partial charge in [0.1, 0.15) is 0 Å². The van der Waals surface area contributed by atoms with Crippen molar-refractivity contribution in [1.82, 2.24) is 9.97 Å². The van der Waals surface area contributed by atoms with Gasteiger partial charge in [0.05, 0.1) is 5.56 Å². The van der Waals surface area contributed by atoms with Crippen LogP contribution in [0.5, 0.6) is 0 Å². The molecule has 0 fully saturated rings. The van der Waals surface area contributed by atoms with Gasteiger partial charge in [0.2, 0.25) is 0 Å². The highest BCUT2D eigenvalue weighted by atomic mass is 79.9. The zero-order valence-electron chi connectivity index (χ0n) is 9.14. The molecule has 2 heterocycles. The lowest BCUT2D eigenvalue weighted by atomic mass is 10.2. The number of nitrogens with zero attached hydrogens (tertiary/aromatic N) is 2. The van der Waals surface area contributed by atoms with Gasteiger partial charge in [-0.05, 0) is 40.5 Å². The number of halogens is 1. The van der Waals surface area contributed by atoms with Gasteiger partial charge in [-0.2, -0.15) is 0 Å². The van der Waals surface area contributed by atoms with Crippen LogP contribution in [0.1, 0.15) is 15.9 Å². The van der Waals surface area contributed by atoms with Crippen molar-refractivity contribution in [3.63, 3.8) is 0 Å². The molecular formula is C12H10BrN3O. The zero-order valence-corrected chi connectivity index (χ0v) is 10.7. The second kappa shape index (κ2) is 5.05. The molecule has 0 unspecified atom stereocenters. The Hall–Kier alpha value is -1.75. The lowest BCUT2D eigenvalue weighted by Crippen LogP contribution is -2.13. The van der Waals surface area contributed by atoms with E-state index in [0.29, 0.717) is 5.56 Å². The van der Waals surface area contributed by atoms with E-state index >= 15 is 0 Å². The van der Waals surface area contributed by atoms with E-state index in [1.165, 1.54) is 6.20 Å². The summed E-state index contributed by atoms with van der Waals surface area (Å²) in [5.74, 6) is -0.187. The van der Waals surface area contributed by atoms with Crippen LogP contribution < -0.4 is 5.32 Å². The van der Waals surface area contributed by atoms with E-state index in [1.54, 1.807) is 30.7 Å².